The highest BCUT2D eigenvalue weighted by Gasteiger charge is 2.13. The second kappa shape index (κ2) is 5.03. The molecule has 1 atom stereocenters. The molecule has 1 unspecified atom stereocenters. The number of amides is 1. The Balaban J connectivity index is 2.87. The SMILES string of the molecule is CCC(Nc1cc(Cl)ccc1C)C(N)=O. The lowest BCUT2D eigenvalue weighted by molar-refractivity contribution is -0.118. The lowest BCUT2D eigenvalue weighted by Gasteiger charge is -2.16. The summed E-state index contributed by atoms with van der Waals surface area (Å²) in [5, 5.41) is 3.72. The number of hydrogen-bond donors (Lipinski definition) is 2. The Hall–Kier alpha value is -1.22. The van der Waals surface area contributed by atoms with Crippen molar-refractivity contribution >= 4 is 23.2 Å². The summed E-state index contributed by atoms with van der Waals surface area (Å²) in [5.41, 5.74) is 7.14. The van der Waals surface area contributed by atoms with Crippen LogP contribution in [0, 0.1) is 6.92 Å². The van der Waals surface area contributed by atoms with E-state index in [9.17, 15) is 4.79 Å². The predicted molar refractivity (Wildman–Crippen MR) is 63.1 cm³/mol. The third-order valence-corrected chi connectivity index (χ3v) is 2.52. The van der Waals surface area contributed by atoms with Gasteiger partial charge in [0.25, 0.3) is 0 Å². The Bertz CT molecular complexity index is 366. The number of carbonyl (C=O) groups excluding carboxylic acids is 1. The number of benzene rings is 1. The molecule has 0 radical (unpaired) electrons. The largest absolute Gasteiger partial charge is 0.373 e. The summed E-state index contributed by atoms with van der Waals surface area (Å²) in [6.45, 7) is 3.86. The molecular formula is C11H15ClN2O. The molecule has 3 nitrogen and oxygen atoms in total. The summed E-state index contributed by atoms with van der Waals surface area (Å²) in [7, 11) is 0. The molecule has 0 aliphatic rings. The summed E-state index contributed by atoms with van der Waals surface area (Å²) >= 11 is 5.87. The van der Waals surface area contributed by atoms with E-state index in [1.807, 2.05) is 26.0 Å². The quantitative estimate of drug-likeness (QED) is 0.828. The Labute approximate surface area is 94.6 Å². The number of aryl methyl sites for hydroxylation is 1. The molecule has 1 rings (SSSR count). The smallest absolute Gasteiger partial charge is 0.239 e. The van der Waals surface area contributed by atoms with Crippen molar-refractivity contribution < 1.29 is 4.79 Å². The molecule has 3 N–H and O–H groups in total. The molecule has 0 bridgehead atoms. The monoisotopic (exact) mass is 226 g/mol. The molecule has 4 heteroatoms. The van der Waals surface area contributed by atoms with Gasteiger partial charge in [-0.2, -0.15) is 0 Å². The van der Waals surface area contributed by atoms with E-state index in [1.165, 1.54) is 0 Å². The topological polar surface area (TPSA) is 55.1 Å². The molecule has 0 aromatic heterocycles. The highest BCUT2D eigenvalue weighted by molar-refractivity contribution is 6.30. The first-order valence-electron chi connectivity index (χ1n) is 4.86. The second-order valence-corrected chi connectivity index (χ2v) is 3.90. The minimum Gasteiger partial charge on any atom is -0.373 e. The van der Waals surface area contributed by atoms with Gasteiger partial charge in [0.2, 0.25) is 5.91 Å². The summed E-state index contributed by atoms with van der Waals surface area (Å²) < 4.78 is 0. The third kappa shape index (κ3) is 3.13. The van der Waals surface area contributed by atoms with Crippen molar-refractivity contribution in [1.82, 2.24) is 0 Å². The summed E-state index contributed by atoms with van der Waals surface area (Å²) in [4.78, 5) is 11.1. The van der Waals surface area contributed by atoms with Crippen LogP contribution in [0.25, 0.3) is 0 Å². The Morgan fingerprint density at radius 2 is 2.27 bits per heavy atom. The fourth-order valence-corrected chi connectivity index (χ4v) is 1.48. The average molecular weight is 227 g/mol. The van der Waals surface area contributed by atoms with Crippen LogP contribution in [-0.4, -0.2) is 11.9 Å². The number of rotatable bonds is 4. The van der Waals surface area contributed by atoms with E-state index in [4.69, 9.17) is 17.3 Å². The van der Waals surface area contributed by atoms with E-state index in [2.05, 4.69) is 5.32 Å². The van der Waals surface area contributed by atoms with E-state index in [0.717, 1.165) is 11.3 Å². The first kappa shape index (κ1) is 11.9. The highest BCUT2D eigenvalue weighted by atomic mass is 35.5. The zero-order chi connectivity index (χ0) is 11.4. The summed E-state index contributed by atoms with van der Waals surface area (Å²) in [6, 6.07) is 5.16. The minimum absolute atomic E-state index is 0.345. The van der Waals surface area contributed by atoms with Gasteiger partial charge in [0.05, 0.1) is 0 Å². The van der Waals surface area contributed by atoms with Gasteiger partial charge in [-0.3, -0.25) is 4.79 Å². The molecule has 0 aliphatic heterocycles. The van der Waals surface area contributed by atoms with Crippen LogP contribution in [-0.2, 0) is 4.79 Å². The van der Waals surface area contributed by atoms with Gasteiger partial charge in [-0.05, 0) is 31.0 Å². The molecule has 1 aromatic rings. The van der Waals surface area contributed by atoms with Crippen molar-refractivity contribution in [2.45, 2.75) is 26.3 Å². The van der Waals surface area contributed by atoms with Gasteiger partial charge in [0.15, 0.2) is 0 Å². The molecule has 1 amide bonds. The van der Waals surface area contributed by atoms with E-state index < -0.39 is 0 Å². The van der Waals surface area contributed by atoms with Gasteiger partial charge in [0.1, 0.15) is 6.04 Å². The number of carbonyl (C=O) groups is 1. The summed E-state index contributed by atoms with van der Waals surface area (Å²) in [6.07, 6.45) is 0.654. The lowest BCUT2D eigenvalue weighted by Crippen LogP contribution is -2.34. The van der Waals surface area contributed by atoms with Crippen LogP contribution in [0.5, 0.6) is 0 Å². The Morgan fingerprint density at radius 1 is 1.60 bits per heavy atom. The van der Waals surface area contributed by atoms with Gasteiger partial charge >= 0.3 is 0 Å². The van der Waals surface area contributed by atoms with Crippen LogP contribution in [0.15, 0.2) is 18.2 Å². The molecule has 15 heavy (non-hydrogen) atoms. The third-order valence-electron chi connectivity index (χ3n) is 2.28. The van der Waals surface area contributed by atoms with Gasteiger partial charge in [-0.25, -0.2) is 0 Å². The van der Waals surface area contributed by atoms with Crippen molar-refractivity contribution in [2.75, 3.05) is 5.32 Å². The van der Waals surface area contributed by atoms with Gasteiger partial charge in [-0.15, -0.1) is 0 Å². The standard InChI is InChI=1S/C11H15ClN2O/c1-3-9(11(13)15)14-10-6-8(12)5-4-7(10)2/h4-6,9,14H,3H2,1-2H3,(H2,13,15). The number of nitrogens with two attached hydrogens (primary N) is 1. The number of nitrogens with one attached hydrogen (secondary N) is 1. The van der Waals surface area contributed by atoms with E-state index in [-0.39, 0.29) is 11.9 Å². The van der Waals surface area contributed by atoms with Gasteiger partial charge in [0, 0.05) is 10.7 Å². The molecule has 0 heterocycles. The van der Waals surface area contributed by atoms with Crippen LogP contribution >= 0.6 is 11.6 Å². The zero-order valence-corrected chi connectivity index (χ0v) is 9.64. The van der Waals surface area contributed by atoms with Gasteiger partial charge in [-0.1, -0.05) is 24.6 Å². The van der Waals surface area contributed by atoms with Crippen LogP contribution in [0.1, 0.15) is 18.9 Å². The van der Waals surface area contributed by atoms with Crippen LogP contribution in [0.4, 0.5) is 5.69 Å². The number of anilines is 1. The van der Waals surface area contributed by atoms with Crippen molar-refractivity contribution in [3.05, 3.63) is 28.8 Å². The number of halogens is 1. The molecule has 0 aliphatic carbocycles. The molecule has 0 saturated heterocycles. The molecule has 0 fully saturated rings. The first-order valence-corrected chi connectivity index (χ1v) is 5.24. The van der Waals surface area contributed by atoms with E-state index in [1.54, 1.807) is 6.07 Å². The van der Waals surface area contributed by atoms with Crippen molar-refractivity contribution in [1.29, 1.82) is 0 Å². The fraction of sp³-hybridized carbons (Fsp3) is 0.364. The molecule has 0 spiro atoms. The van der Waals surface area contributed by atoms with Crippen molar-refractivity contribution in [3.63, 3.8) is 0 Å². The highest BCUT2D eigenvalue weighted by Crippen LogP contribution is 2.21. The van der Waals surface area contributed by atoms with Gasteiger partial charge < -0.3 is 11.1 Å². The minimum atomic E-state index is -0.350. The summed E-state index contributed by atoms with van der Waals surface area (Å²) in [5.74, 6) is -0.350. The van der Waals surface area contributed by atoms with E-state index >= 15 is 0 Å². The number of primary amides is 1. The van der Waals surface area contributed by atoms with Crippen molar-refractivity contribution in [3.8, 4) is 0 Å². The Kier molecular flexibility index (Phi) is 3.97. The predicted octanol–water partition coefficient (Wildman–Crippen LogP) is 2.32. The lowest BCUT2D eigenvalue weighted by atomic mass is 10.1. The van der Waals surface area contributed by atoms with E-state index in [0.29, 0.717) is 11.4 Å². The molecule has 1 aromatic carbocycles. The van der Waals surface area contributed by atoms with Crippen LogP contribution in [0.3, 0.4) is 0 Å². The maximum atomic E-state index is 11.1. The Morgan fingerprint density at radius 3 is 2.80 bits per heavy atom. The number of hydrogen-bond acceptors (Lipinski definition) is 2. The molecular weight excluding hydrogens is 212 g/mol. The second-order valence-electron chi connectivity index (χ2n) is 3.47. The molecule has 0 saturated carbocycles. The normalized spacial score (nSPS) is 12.2. The van der Waals surface area contributed by atoms with Crippen LogP contribution in [0.2, 0.25) is 5.02 Å². The van der Waals surface area contributed by atoms with Crippen molar-refractivity contribution in [2.24, 2.45) is 5.73 Å². The average Bonchev–Trinajstić information content (AvgIpc) is 2.18. The maximum Gasteiger partial charge on any atom is 0.239 e. The first-order chi connectivity index (χ1) is 7.04. The zero-order valence-electron chi connectivity index (χ0n) is 8.88. The fourth-order valence-electron chi connectivity index (χ4n) is 1.31. The van der Waals surface area contributed by atoms with Crippen LogP contribution < -0.4 is 11.1 Å². The molecule has 82 valence electrons. The maximum absolute atomic E-state index is 11.1.